The molecule has 3 amide bonds. The topological polar surface area (TPSA) is 96.4 Å². The van der Waals surface area contributed by atoms with E-state index in [1.54, 1.807) is 18.7 Å². The molecule has 0 radical (unpaired) electrons. The molecular formula is C25H29N5O3. The van der Waals surface area contributed by atoms with Crippen LogP contribution < -0.4 is 0 Å². The van der Waals surface area contributed by atoms with Crippen molar-refractivity contribution in [1.82, 2.24) is 24.8 Å². The van der Waals surface area contributed by atoms with E-state index in [2.05, 4.69) is 15.0 Å². The first kappa shape index (κ1) is 21.7. The van der Waals surface area contributed by atoms with E-state index >= 15 is 0 Å². The maximum atomic E-state index is 12.9. The van der Waals surface area contributed by atoms with Gasteiger partial charge in [-0.05, 0) is 43.4 Å². The number of piperidine rings is 1. The zero-order valence-corrected chi connectivity index (χ0v) is 18.7. The van der Waals surface area contributed by atoms with E-state index in [9.17, 15) is 14.4 Å². The number of fused-ring (bicyclic) bond motifs is 1. The van der Waals surface area contributed by atoms with Crippen LogP contribution in [0.2, 0.25) is 0 Å². The molecular weight excluding hydrogens is 418 g/mol. The predicted molar refractivity (Wildman–Crippen MR) is 121 cm³/mol. The Bertz CT molecular complexity index is 1010. The minimum atomic E-state index is -0.153. The summed E-state index contributed by atoms with van der Waals surface area (Å²) in [5, 5.41) is 0. The molecule has 2 atom stereocenters. The van der Waals surface area contributed by atoms with Gasteiger partial charge in [0.05, 0.1) is 17.5 Å². The first-order valence-corrected chi connectivity index (χ1v) is 12.0. The molecule has 33 heavy (non-hydrogen) atoms. The molecule has 4 heterocycles. The zero-order valence-electron chi connectivity index (χ0n) is 18.7. The van der Waals surface area contributed by atoms with Crippen LogP contribution >= 0.6 is 0 Å². The van der Waals surface area contributed by atoms with Crippen molar-refractivity contribution < 1.29 is 14.4 Å². The van der Waals surface area contributed by atoms with Crippen molar-refractivity contribution in [2.75, 3.05) is 19.6 Å². The molecule has 1 aliphatic carbocycles. The minimum Gasteiger partial charge on any atom is -0.343 e. The van der Waals surface area contributed by atoms with Gasteiger partial charge in [0, 0.05) is 56.1 Å². The molecule has 2 aliphatic heterocycles. The standard InChI is InChI=1S/C25H29N5O3/c31-22(9-14-30-24(32)19-3-1-2-4-20(19)25(30)33)29-12-7-18(8-13-29)23-21(15-27-16-28-23)17-5-10-26-11-6-17/h5-6,10-11,15-16,18-20H,1-4,7-9,12-14H2. The number of amides is 3. The van der Waals surface area contributed by atoms with Crippen LogP contribution in [0, 0.1) is 11.8 Å². The molecule has 8 nitrogen and oxygen atoms in total. The van der Waals surface area contributed by atoms with Crippen LogP contribution in [0.25, 0.3) is 11.1 Å². The number of rotatable bonds is 5. The first-order chi connectivity index (χ1) is 16.1. The van der Waals surface area contributed by atoms with Crippen molar-refractivity contribution in [3.05, 3.63) is 42.7 Å². The maximum absolute atomic E-state index is 12.9. The van der Waals surface area contributed by atoms with Crippen LogP contribution in [0.3, 0.4) is 0 Å². The van der Waals surface area contributed by atoms with Crippen LogP contribution in [0.15, 0.2) is 37.1 Å². The second-order valence-corrected chi connectivity index (χ2v) is 9.29. The fourth-order valence-corrected chi connectivity index (χ4v) is 5.64. The highest BCUT2D eigenvalue weighted by molar-refractivity contribution is 6.05. The molecule has 3 aliphatic rings. The molecule has 8 heteroatoms. The van der Waals surface area contributed by atoms with Crippen LogP contribution in [-0.2, 0) is 14.4 Å². The largest absolute Gasteiger partial charge is 0.343 e. The van der Waals surface area contributed by atoms with Gasteiger partial charge in [-0.25, -0.2) is 9.97 Å². The van der Waals surface area contributed by atoms with E-state index in [4.69, 9.17) is 0 Å². The quantitative estimate of drug-likeness (QED) is 0.654. The number of carbonyl (C=O) groups excluding carboxylic acids is 3. The lowest BCUT2D eigenvalue weighted by molar-refractivity contribution is -0.141. The molecule has 172 valence electrons. The van der Waals surface area contributed by atoms with Crippen molar-refractivity contribution in [2.45, 2.75) is 50.9 Å². The molecule has 0 aromatic carbocycles. The van der Waals surface area contributed by atoms with Gasteiger partial charge >= 0.3 is 0 Å². The normalized spacial score (nSPS) is 23.6. The molecule has 2 aromatic heterocycles. The highest BCUT2D eigenvalue weighted by Gasteiger charge is 2.47. The van der Waals surface area contributed by atoms with Crippen molar-refractivity contribution in [1.29, 1.82) is 0 Å². The molecule has 5 rings (SSSR count). The molecule has 2 aromatic rings. The van der Waals surface area contributed by atoms with Crippen LogP contribution in [0.4, 0.5) is 0 Å². The predicted octanol–water partition coefficient (Wildman–Crippen LogP) is 2.81. The summed E-state index contributed by atoms with van der Waals surface area (Å²) in [6.45, 7) is 1.51. The van der Waals surface area contributed by atoms with Gasteiger partial charge < -0.3 is 4.90 Å². The van der Waals surface area contributed by atoms with E-state index in [-0.39, 0.29) is 48.4 Å². The van der Waals surface area contributed by atoms with Gasteiger partial charge in [-0.3, -0.25) is 24.3 Å². The van der Waals surface area contributed by atoms with Gasteiger partial charge in [0.1, 0.15) is 6.33 Å². The fourth-order valence-electron chi connectivity index (χ4n) is 5.64. The highest BCUT2D eigenvalue weighted by atomic mass is 16.2. The summed E-state index contributed by atoms with van der Waals surface area (Å²) in [5.74, 6) is -0.169. The Morgan fingerprint density at radius 3 is 2.27 bits per heavy atom. The Morgan fingerprint density at radius 2 is 1.61 bits per heavy atom. The second-order valence-electron chi connectivity index (χ2n) is 9.29. The number of hydrogen-bond acceptors (Lipinski definition) is 6. The van der Waals surface area contributed by atoms with E-state index in [1.807, 2.05) is 23.2 Å². The number of carbonyl (C=O) groups is 3. The van der Waals surface area contributed by atoms with E-state index in [0.29, 0.717) is 13.1 Å². The smallest absolute Gasteiger partial charge is 0.233 e. The van der Waals surface area contributed by atoms with Gasteiger partial charge in [-0.15, -0.1) is 0 Å². The number of aromatic nitrogens is 3. The Balaban J connectivity index is 1.17. The fraction of sp³-hybridized carbons (Fsp3) is 0.520. The van der Waals surface area contributed by atoms with Crippen LogP contribution in [0.5, 0.6) is 0 Å². The lowest BCUT2D eigenvalue weighted by Gasteiger charge is -2.32. The number of hydrogen-bond donors (Lipinski definition) is 0. The molecule has 3 fully saturated rings. The van der Waals surface area contributed by atoms with Gasteiger partial charge in [0.2, 0.25) is 17.7 Å². The third-order valence-corrected chi connectivity index (χ3v) is 7.45. The Hall–Kier alpha value is -3.16. The van der Waals surface area contributed by atoms with Gasteiger partial charge in [-0.2, -0.15) is 0 Å². The van der Waals surface area contributed by atoms with E-state index < -0.39 is 0 Å². The molecule has 2 unspecified atom stereocenters. The summed E-state index contributed by atoms with van der Waals surface area (Å²) in [7, 11) is 0. The molecule has 2 saturated heterocycles. The summed E-state index contributed by atoms with van der Waals surface area (Å²) in [6.07, 6.45) is 12.4. The van der Waals surface area contributed by atoms with Crippen LogP contribution in [0.1, 0.15) is 56.6 Å². The summed E-state index contributed by atoms with van der Waals surface area (Å²) in [6, 6.07) is 3.91. The maximum Gasteiger partial charge on any atom is 0.233 e. The van der Waals surface area contributed by atoms with Crippen molar-refractivity contribution in [3.8, 4) is 11.1 Å². The van der Waals surface area contributed by atoms with Crippen molar-refractivity contribution >= 4 is 17.7 Å². The van der Waals surface area contributed by atoms with Gasteiger partial charge in [0.15, 0.2) is 0 Å². The average Bonchev–Trinajstić information content (AvgIpc) is 3.12. The van der Waals surface area contributed by atoms with E-state index in [1.165, 1.54) is 4.90 Å². The second kappa shape index (κ2) is 9.37. The SMILES string of the molecule is O=C(CCN1C(=O)C2CCCCC2C1=O)N1CCC(c2ncncc2-c2ccncc2)CC1. The zero-order chi connectivity index (χ0) is 22.8. The molecule has 0 bridgehead atoms. The third-order valence-electron chi connectivity index (χ3n) is 7.45. The monoisotopic (exact) mass is 447 g/mol. The molecule has 0 spiro atoms. The summed E-state index contributed by atoms with van der Waals surface area (Å²) in [5.41, 5.74) is 3.07. The Kier molecular flexibility index (Phi) is 6.15. The Morgan fingerprint density at radius 1 is 0.939 bits per heavy atom. The lowest BCUT2D eigenvalue weighted by Crippen LogP contribution is -2.41. The first-order valence-electron chi connectivity index (χ1n) is 12.0. The van der Waals surface area contributed by atoms with Crippen molar-refractivity contribution in [2.24, 2.45) is 11.8 Å². The summed E-state index contributed by atoms with van der Waals surface area (Å²) < 4.78 is 0. The number of nitrogens with zero attached hydrogens (tertiary/aromatic N) is 5. The molecule has 1 saturated carbocycles. The summed E-state index contributed by atoms with van der Waals surface area (Å²) >= 11 is 0. The number of pyridine rings is 1. The van der Waals surface area contributed by atoms with Gasteiger partial charge in [0.25, 0.3) is 0 Å². The van der Waals surface area contributed by atoms with Gasteiger partial charge in [-0.1, -0.05) is 12.8 Å². The van der Waals surface area contributed by atoms with Crippen molar-refractivity contribution in [3.63, 3.8) is 0 Å². The summed E-state index contributed by atoms with van der Waals surface area (Å²) in [4.78, 5) is 54.2. The Labute approximate surface area is 193 Å². The van der Waals surface area contributed by atoms with E-state index in [0.717, 1.165) is 55.3 Å². The average molecular weight is 448 g/mol. The lowest BCUT2D eigenvalue weighted by atomic mass is 9.81. The minimum absolute atomic E-state index is 0.0148. The molecule has 0 N–H and O–H groups in total. The number of imide groups is 1. The highest BCUT2D eigenvalue weighted by Crippen LogP contribution is 2.38. The number of likely N-dealkylation sites (tertiary alicyclic amines) is 2. The van der Waals surface area contributed by atoms with Crippen LogP contribution in [-0.4, -0.2) is 62.1 Å². The third kappa shape index (κ3) is 4.26.